The van der Waals surface area contributed by atoms with Crippen molar-refractivity contribution in [3.8, 4) is 62.1 Å². The summed E-state index contributed by atoms with van der Waals surface area (Å²) in [5.74, 6) is 1.81. The molecule has 0 radical (unpaired) electrons. The Labute approximate surface area is 345 Å². The van der Waals surface area contributed by atoms with Crippen molar-refractivity contribution >= 4 is 54.5 Å². The second kappa shape index (κ2) is 13.8. The number of hydrogen-bond donors (Lipinski definition) is 0. The van der Waals surface area contributed by atoms with Crippen molar-refractivity contribution in [1.29, 1.82) is 0 Å². The van der Waals surface area contributed by atoms with E-state index in [1.54, 1.807) is 0 Å². The van der Waals surface area contributed by atoms with E-state index in [2.05, 4.69) is 174 Å². The summed E-state index contributed by atoms with van der Waals surface area (Å²) in [4.78, 5) is 15.6. The molecule has 0 aliphatic heterocycles. The number of para-hydroxylation sites is 1. The summed E-state index contributed by atoms with van der Waals surface area (Å²) in [6.45, 7) is 0. The van der Waals surface area contributed by atoms with Gasteiger partial charge in [-0.1, -0.05) is 176 Å². The van der Waals surface area contributed by atoms with Gasteiger partial charge in [-0.3, -0.25) is 0 Å². The van der Waals surface area contributed by atoms with E-state index in [0.29, 0.717) is 17.5 Å². The normalized spacial score (nSPS) is 11.7. The number of rotatable bonds is 6. The second-order valence-electron chi connectivity index (χ2n) is 15.2. The van der Waals surface area contributed by atoms with Crippen molar-refractivity contribution in [2.45, 2.75) is 0 Å². The van der Waals surface area contributed by atoms with Crippen LogP contribution >= 0.6 is 0 Å². The van der Waals surface area contributed by atoms with Gasteiger partial charge < -0.3 is 8.98 Å². The molecule has 5 nitrogen and oxygen atoms in total. The van der Waals surface area contributed by atoms with Crippen LogP contribution in [0.25, 0.3) is 117 Å². The summed E-state index contributed by atoms with van der Waals surface area (Å²) in [5.41, 5.74) is 12.0. The van der Waals surface area contributed by atoms with Crippen LogP contribution < -0.4 is 0 Å². The van der Waals surface area contributed by atoms with Crippen LogP contribution in [0.2, 0.25) is 0 Å². The molecule has 3 heterocycles. The molecule has 0 spiro atoms. The van der Waals surface area contributed by atoms with Crippen LogP contribution in [-0.4, -0.2) is 19.5 Å². The number of benzene rings is 9. The summed E-state index contributed by atoms with van der Waals surface area (Å²) in [6.07, 6.45) is 0. The standard InChI is InChI=1S/C55H34N4O/c1-4-16-35(17-5-1)39-30-31-43-42-25-12-13-28-47(42)59(48(43)33-39)49-34-40(36-18-6-2-7-19-36)32-46-51-45(27-15-29-50(51)60-52(46)49)55-57-53(38-21-8-3-9-22-38)56-54(58-55)44-26-14-23-37-20-10-11-24-41(37)44/h1-34H. The number of furan rings is 1. The summed E-state index contributed by atoms with van der Waals surface area (Å²) < 4.78 is 9.45. The fourth-order valence-electron chi connectivity index (χ4n) is 8.85. The van der Waals surface area contributed by atoms with Gasteiger partial charge in [-0.25, -0.2) is 15.0 Å². The lowest BCUT2D eigenvalue weighted by Gasteiger charge is -2.13. The third-order valence-electron chi connectivity index (χ3n) is 11.6. The second-order valence-corrected chi connectivity index (χ2v) is 15.2. The lowest BCUT2D eigenvalue weighted by atomic mass is 9.99. The molecular weight excluding hydrogens is 733 g/mol. The molecule has 0 aliphatic carbocycles. The van der Waals surface area contributed by atoms with Crippen molar-refractivity contribution in [3.05, 3.63) is 206 Å². The lowest BCUT2D eigenvalue weighted by molar-refractivity contribution is 0.666. The van der Waals surface area contributed by atoms with Crippen molar-refractivity contribution in [2.75, 3.05) is 0 Å². The van der Waals surface area contributed by atoms with Crippen LogP contribution in [0.4, 0.5) is 0 Å². The fraction of sp³-hybridized carbons (Fsp3) is 0. The minimum atomic E-state index is 0.580. The fourth-order valence-corrected chi connectivity index (χ4v) is 8.85. The van der Waals surface area contributed by atoms with Gasteiger partial charge in [0.15, 0.2) is 23.1 Å². The maximum Gasteiger partial charge on any atom is 0.164 e. The van der Waals surface area contributed by atoms with Gasteiger partial charge in [0.05, 0.1) is 16.7 Å². The average Bonchev–Trinajstić information content (AvgIpc) is 3.87. The van der Waals surface area contributed by atoms with E-state index in [0.717, 1.165) is 82.8 Å². The molecule has 0 atom stereocenters. The van der Waals surface area contributed by atoms with E-state index in [1.165, 1.54) is 16.3 Å². The van der Waals surface area contributed by atoms with Gasteiger partial charge in [-0.05, 0) is 63.4 Å². The van der Waals surface area contributed by atoms with E-state index in [9.17, 15) is 0 Å². The zero-order chi connectivity index (χ0) is 39.6. The Morgan fingerprint density at radius 3 is 1.72 bits per heavy atom. The van der Waals surface area contributed by atoms with Gasteiger partial charge in [0.2, 0.25) is 0 Å². The summed E-state index contributed by atoms with van der Waals surface area (Å²) in [6, 6.07) is 72.1. The highest BCUT2D eigenvalue weighted by molar-refractivity contribution is 6.17. The smallest absolute Gasteiger partial charge is 0.164 e. The molecule has 0 unspecified atom stereocenters. The minimum Gasteiger partial charge on any atom is -0.454 e. The third kappa shape index (κ3) is 5.52. The third-order valence-corrected chi connectivity index (χ3v) is 11.6. The van der Waals surface area contributed by atoms with Crippen LogP contribution in [-0.2, 0) is 0 Å². The molecule has 3 aromatic heterocycles. The predicted molar refractivity (Wildman–Crippen MR) is 246 cm³/mol. The largest absolute Gasteiger partial charge is 0.454 e. The monoisotopic (exact) mass is 766 g/mol. The van der Waals surface area contributed by atoms with Crippen molar-refractivity contribution in [1.82, 2.24) is 19.5 Å². The van der Waals surface area contributed by atoms with E-state index in [-0.39, 0.29) is 0 Å². The summed E-state index contributed by atoms with van der Waals surface area (Å²) in [7, 11) is 0. The van der Waals surface area contributed by atoms with Crippen LogP contribution in [0.1, 0.15) is 0 Å². The summed E-state index contributed by atoms with van der Waals surface area (Å²) >= 11 is 0. The maximum absolute atomic E-state index is 7.07. The van der Waals surface area contributed by atoms with Gasteiger partial charge in [0, 0.05) is 38.2 Å². The molecule has 0 aliphatic rings. The van der Waals surface area contributed by atoms with Crippen molar-refractivity contribution in [2.24, 2.45) is 0 Å². The molecule has 0 bridgehead atoms. The summed E-state index contributed by atoms with van der Waals surface area (Å²) in [5, 5.41) is 6.51. The zero-order valence-electron chi connectivity index (χ0n) is 32.3. The van der Waals surface area contributed by atoms with Gasteiger partial charge in [0.25, 0.3) is 0 Å². The van der Waals surface area contributed by atoms with Gasteiger partial charge in [0.1, 0.15) is 5.58 Å². The lowest BCUT2D eigenvalue weighted by Crippen LogP contribution is -2.00. The number of aromatic nitrogens is 4. The minimum absolute atomic E-state index is 0.580. The van der Waals surface area contributed by atoms with E-state index < -0.39 is 0 Å². The van der Waals surface area contributed by atoms with Crippen molar-refractivity contribution in [3.63, 3.8) is 0 Å². The average molecular weight is 767 g/mol. The molecule has 12 aromatic rings. The molecule has 12 rings (SSSR count). The Hall–Kier alpha value is -8.15. The first-order valence-corrected chi connectivity index (χ1v) is 20.2. The molecule has 5 heteroatoms. The number of fused-ring (bicyclic) bond motifs is 7. The highest BCUT2D eigenvalue weighted by atomic mass is 16.3. The van der Waals surface area contributed by atoms with Gasteiger partial charge in [-0.2, -0.15) is 0 Å². The number of nitrogens with zero attached hydrogens (tertiary/aromatic N) is 4. The molecular formula is C55H34N4O. The first-order valence-electron chi connectivity index (χ1n) is 20.2. The van der Waals surface area contributed by atoms with Gasteiger partial charge in [-0.15, -0.1) is 0 Å². The molecule has 0 fully saturated rings. The zero-order valence-corrected chi connectivity index (χ0v) is 32.3. The highest BCUT2D eigenvalue weighted by Gasteiger charge is 2.23. The molecule has 280 valence electrons. The van der Waals surface area contributed by atoms with E-state index >= 15 is 0 Å². The quantitative estimate of drug-likeness (QED) is 0.169. The highest BCUT2D eigenvalue weighted by Crippen LogP contribution is 2.44. The Kier molecular flexibility index (Phi) is 7.78. The Balaban J connectivity index is 1.17. The van der Waals surface area contributed by atoms with E-state index in [4.69, 9.17) is 19.4 Å². The SMILES string of the molecule is c1ccc(-c2cc(-n3c4ccccc4c4ccc(-c5ccccc5)cc43)c3oc4cccc(-c5nc(-c6ccccc6)nc(-c6cccc7ccccc67)n5)c4c3c2)cc1. The molecule has 0 amide bonds. The Morgan fingerprint density at radius 2 is 0.933 bits per heavy atom. The van der Waals surface area contributed by atoms with E-state index in [1.807, 2.05) is 36.4 Å². The Bertz CT molecular complexity index is 3590. The molecule has 9 aromatic carbocycles. The molecule has 0 saturated heterocycles. The molecule has 60 heavy (non-hydrogen) atoms. The van der Waals surface area contributed by atoms with Crippen LogP contribution in [0.5, 0.6) is 0 Å². The van der Waals surface area contributed by atoms with Crippen molar-refractivity contribution < 1.29 is 4.42 Å². The predicted octanol–water partition coefficient (Wildman–Crippen LogP) is 14.4. The van der Waals surface area contributed by atoms with Crippen LogP contribution in [0.15, 0.2) is 211 Å². The van der Waals surface area contributed by atoms with Gasteiger partial charge >= 0.3 is 0 Å². The molecule has 0 N–H and O–H groups in total. The molecule has 0 saturated carbocycles. The van der Waals surface area contributed by atoms with Crippen LogP contribution in [0.3, 0.4) is 0 Å². The van der Waals surface area contributed by atoms with Crippen LogP contribution in [0, 0.1) is 0 Å². The topological polar surface area (TPSA) is 56.7 Å². The maximum atomic E-state index is 7.07. The Morgan fingerprint density at radius 1 is 0.350 bits per heavy atom. The number of hydrogen-bond acceptors (Lipinski definition) is 4. The first-order chi connectivity index (χ1) is 29.7. The first kappa shape index (κ1) is 33.9.